The second-order valence-corrected chi connectivity index (χ2v) is 9.00. The van der Waals surface area contributed by atoms with E-state index >= 15 is 0 Å². The number of H-pyrrole nitrogens is 1. The molecule has 3 heterocycles. The van der Waals surface area contributed by atoms with Crippen LogP contribution in [0.5, 0.6) is 0 Å². The summed E-state index contributed by atoms with van der Waals surface area (Å²) in [5, 5.41) is 23.1. The average molecular weight is 455 g/mol. The van der Waals surface area contributed by atoms with E-state index in [4.69, 9.17) is 4.74 Å². The van der Waals surface area contributed by atoms with E-state index in [1.165, 1.54) is 0 Å². The summed E-state index contributed by atoms with van der Waals surface area (Å²) in [6.45, 7) is 8.74. The van der Waals surface area contributed by atoms with Gasteiger partial charge in [-0.05, 0) is 73.0 Å². The number of nitrogens with one attached hydrogen (secondary N) is 1. The Kier molecular flexibility index (Phi) is 7.52. The minimum Gasteiger partial charge on any atom is -0.396 e. The molecule has 0 aliphatic carbocycles. The van der Waals surface area contributed by atoms with Gasteiger partial charge in [0.25, 0.3) is 5.56 Å². The number of aryl methyl sites for hydroxylation is 2. The summed E-state index contributed by atoms with van der Waals surface area (Å²) in [5.74, 6) is 0.773. The van der Waals surface area contributed by atoms with Crippen molar-refractivity contribution in [3.63, 3.8) is 0 Å². The summed E-state index contributed by atoms with van der Waals surface area (Å²) in [5.41, 5.74) is 3.71. The van der Waals surface area contributed by atoms with Crippen LogP contribution in [0.1, 0.15) is 61.2 Å². The van der Waals surface area contributed by atoms with Crippen LogP contribution in [0.2, 0.25) is 0 Å². The lowest BCUT2D eigenvalue weighted by Crippen LogP contribution is -2.34. The van der Waals surface area contributed by atoms with E-state index in [9.17, 15) is 9.90 Å². The van der Waals surface area contributed by atoms with E-state index in [0.717, 1.165) is 53.7 Å². The quantitative estimate of drug-likeness (QED) is 0.485. The number of aromatic nitrogens is 5. The van der Waals surface area contributed by atoms with E-state index in [-0.39, 0.29) is 24.3 Å². The third kappa shape index (κ3) is 5.31. The van der Waals surface area contributed by atoms with Gasteiger partial charge in [0, 0.05) is 31.9 Å². The molecule has 2 atom stereocenters. The minimum atomic E-state index is -0.0859. The molecule has 1 fully saturated rings. The van der Waals surface area contributed by atoms with Gasteiger partial charge < -0.3 is 14.8 Å². The standard InChI is InChI=1S/C24H34N6O3/c1-4-21(23-26-27-28-30(23)15-20-7-5-10-33-20)29(8-6-9-31)14-19-13-18-12-16(2)11-17(3)22(18)25-24(19)32/h11-13,20-21,31H,4-10,14-15H2,1-3H3,(H,25,32)/t20-,21+/m1/s1. The lowest BCUT2D eigenvalue weighted by atomic mass is 10.0. The zero-order valence-corrected chi connectivity index (χ0v) is 19.8. The molecule has 9 nitrogen and oxygen atoms in total. The van der Waals surface area contributed by atoms with Crippen molar-refractivity contribution in [2.24, 2.45) is 0 Å². The maximum absolute atomic E-state index is 13.0. The van der Waals surface area contributed by atoms with Crippen molar-refractivity contribution in [2.45, 2.75) is 71.7 Å². The van der Waals surface area contributed by atoms with E-state index < -0.39 is 0 Å². The van der Waals surface area contributed by atoms with Crippen molar-refractivity contribution < 1.29 is 9.84 Å². The molecular weight excluding hydrogens is 420 g/mol. The number of pyridine rings is 1. The van der Waals surface area contributed by atoms with Crippen LogP contribution in [-0.2, 0) is 17.8 Å². The molecule has 1 saturated heterocycles. The fourth-order valence-corrected chi connectivity index (χ4v) is 4.85. The molecule has 0 unspecified atom stereocenters. The van der Waals surface area contributed by atoms with Gasteiger partial charge in [0.1, 0.15) is 0 Å². The molecule has 4 rings (SSSR count). The lowest BCUT2D eigenvalue weighted by molar-refractivity contribution is 0.0888. The topological polar surface area (TPSA) is 109 Å². The van der Waals surface area contributed by atoms with Gasteiger partial charge in [-0.1, -0.05) is 18.6 Å². The Bertz CT molecular complexity index is 1130. The van der Waals surface area contributed by atoms with Gasteiger partial charge in [0.2, 0.25) is 0 Å². The summed E-state index contributed by atoms with van der Waals surface area (Å²) in [6, 6.07) is 6.08. The van der Waals surface area contributed by atoms with E-state index in [1.54, 1.807) is 0 Å². The van der Waals surface area contributed by atoms with Crippen LogP contribution in [-0.4, -0.2) is 61.1 Å². The van der Waals surface area contributed by atoms with Crippen molar-refractivity contribution in [1.82, 2.24) is 30.1 Å². The molecule has 0 radical (unpaired) electrons. The largest absolute Gasteiger partial charge is 0.396 e. The molecule has 33 heavy (non-hydrogen) atoms. The van der Waals surface area contributed by atoms with E-state index in [1.807, 2.05) is 17.7 Å². The Morgan fingerprint density at radius 2 is 2.18 bits per heavy atom. The fraction of sp³-hybridized carbons (Fsp3) is 0.583. The Labute approximate surface area is 193 Å². The van der Waals surface area contributed by atoms with E-state index in [0.29, 0.717) is 31.6 Å². The fourth-order valence-electron chi connectivity index (χ4n) is 4.85. The summed E-state index contributed by atoms with van der Waals surface area (Å²) in [6.07, 6.45) is 3.58. The molecule has 2 aromatic heterocycles. The normalized spacial score (nSPS) is 17.3. The highest BCUT2D eigenvalue weighted by atomic mass is 16.5. The van der Waals surface area contributed by atoms with Gasteiger partial charge in [-0.2, -0.15) is 0 Å². The van der Waals surface area contributed by atoms with Gasteiger partial charge in [-0.15, -0.1) is 5.10 Å². The van der Waals surface area contributed by atoms with Crippen LogP contribution in [0.3, 0.4) is 0 Å². The number of nitrogens with zero attached hydrogens (tertiary/aromatic N) is 5. The Balaban J connectivity index is 1.65. The molecule has 3 aromatic rings. The highest BCUT2D eigenvalue weighted by Crippen LogP contribution is 2.26. The van der Waals surface area contributed by atoms with Gasteiger partial charge in [-0.25, -0.2) is 4.68 Å². The second-order valence-electron chi connectivity index (χ2n) is 9.00. The second kappa shape index (κ2) is 10.5. The van der Waals surface area contributed by atoms with Crippen LogP contribution in [0.4, 0.5) is 0 Å². The summed E-state index contributed by atoms with van der Waals surface area (Å²) in [7, 11) is 0. The molecule has 178 valence electrons. The first-order valence-corrected chi connectivity index (χ1v) is 11.9. The number of hydrogen-bond donors (Lipinski definition) is 2. The molecule has 0 bridgehead atoms. The van der Waals surface area contributed by atoms with Crippen molar-refractivity contribution in [3.05, 3.63) is 51.1 Å². The maximum Gasteiger partial charge on any atom is 0.252 e. The summed E-state index contributed by atoms with van der Waals surface area (Å²) < 4.78 is 7.62. The van der Waals surface area contributed by atoms with Crippen molar-refractivity contribution >= 4 is 10.9 Å². The van der Waals surface area contributed by atoms with E-state index in [2.05, 4.69) is 51.4 Å². The number of aliphatic hydroxyl groups excluding tert-OH is 1. The van der Waals surface area contributed by atoms with Crippen LogP contribution in [0, 0.1) is 13.8 Å². The van der Waals surface area contributed by atoms with Crippen LogP contribution >= 0.6 is 0 Å². The third-order valence-corrected chi connectivity index (χ3v) is 6.43. The monoisotopic (exact) mass is 454 g/mol. The van der Waals surface area contributed by atoms with Crippen LogP contribution < -0.4 is 5.56 Å². The van der Waals surface area contributed by atoms with Crippen LogP contribution in [0.15, 0.2) is 23.0 Å². The predicted octanol–water partition coefficient (Wildman–Crippen LogP) is 2.65. The number of hydrogen-bond acceptors (Lipinski definition) is 7. The highest BCUT2D eigenvalue weighted by molar-refractivity contribution is 5.82. The number of aliphatic hydroxyl groups is 1. The molecule has 0 spiro atoms. The molecular formula is C24H34N6O3. The zero-order valence-electron chi connectivity index (χ0n) is 19.8. The molecule has 2 N–H and O–H groups in total. The summed E-state index contributed by atoms with van der Waals surface area (Å²) in [4.78, 5) is 18.3. The Hall–Kier alpha value is -2.62. The molecule has 1 aliphatic rings. The Morgan fingerprint density at radius 3 is 2.91 bits per heavy atom. The number of benzene rings is 1. The smallest absolute Gasteiger partial charge is 0.252 e. The first-order chi connectivity index (χ1) is 16.0. The first-order valence-electron chi connectivity index (χ1n) is 11.9. The molecule has 0 saturated carbocycles. The number of aromatic amines is 1. The number of tetrazole rings is 1. The molecule has 9 heteroatoms. The van der Waals surface area contributed by atoms with Crippen molar-refractivity contribution in [1.29, 1.82) is 0 Å². The van der Waals surface area contributed by atoms with Crippen LogP contribution in [0.25, 0.3) is 10.9 Å². The summed E-state index contributed by atoms with van der Waals surface area (Å²) >= 11 is 0. The molecule has 1 aromatic carbocycles. The zero-order chi connectivity index (χ0) is 23.4. The van der Waals surface area contributed by atoms with Gasteiger partial charge in [0.05, 0.1) is 24.2 Å². The first kappa shape index (κ1) is 23.5. The SMILES string of the molecule is CC[C@@H](c1nnnn1C[C@H]1CCCO1)N(CCCO)Cc1cc2cc(C)cc(C)c2[nH]c1=O. The average Bonchev–Trinajstić information content (AvgIpc) is 3.46. The third-order valence-electron chi connectivity index (χ3n) is 6.43. The highest BCUT2D eigenvalue weighted by Gasteiger charge is 2.27. The van der Waals surface area contributed by atoms with Crippen molar-refractivity contribution in [2.75, 3.05) is 19.8 Å². The maximum atomic E-state index is 13.0. The lowest BCUT2D eigenvalue weighted by Gasteiger charge is -2.30. The van der Waals surface area contributed by atoms with Gasteiger partial charge >= 0.3 is 0 Å². The van der Waals surface area contributed by atoms with Crippen molar-refractivity contribution in [3.8, 4) is 0 Å². The molecule has 1 aliphatic heterocycles. The number of rotatable bonds is 10. The predicted molar refractivity (Wildman–Crippen MR) is 126 cm³/mol. The van der Waals surface area contributed by atoms with Gasteiger partial charge in [0.15, 0.2) is 5.82 Å². The minimum absolute atomic E-state index is 0.0812. The number of fused-ring (bicyclic) bond motifs is 1. The Morgan fingerprint density at radius 1 is 1.33 bits per heavy atom. The molecule has 0 amide bonds. The number of ether oxygens (including phenoxy) is 1. The van der Waals surface area contributed by atoms with Gasteiger partial charge in [-0.3, -0.25) is 9.69 Å².